The number of aryl methyl sites for hydroxylation is 1. The Morgan fingerprint density at radius 1 is 1.18 bits per heavy atom. The smallest absolute Gasteiger partial charge is 0.333 e. The highest BCUT2D eigenvalue weighted by Crippen LogP contribution is 2.23. The molecule has 1 rings (SSSR count). The van der Waals surface area contributed by atoms with E-state index < -0.39 is 29.7 Å². The number of aliphatic carboxylic acids is 3. The lowest BCUT2D eigenvalue weighted by atomic mass is 9.84. The van der Waals surface area contributed by atoms with E-state index in [4.69, 9.17) is 15.3 Å². The van der Waals surface area contributed by atoms with Crippen LogP contribution in [0.3, 0.4) is 0 Å². The van der Waals surface area contributed by atoms with E-state index in [1.54, 1.807) is 0 Å². The Labute approximate surface area is 93.5 Å². The van der Waals surface area contributed by atoms with E-state index in [2.05, 4.69) is 15.5 Å². The van der Waals surface area contributed by atoms with Crippen molar-refractivity contribution in [2.45, 2.75) is 6.42 Å². The lowest BCUT2D eigenvalue weighted by molar-refractivity contribution is -0.175. The van der Waals surface area contributed by atoms with Crippen molar-refractivity contribution in [2.24, 2.45) is 12.5 Å². The molecule has 0 unspecified atom stereocenters. The first-order chi connectivity index (χ1) is 7.82. The molecule has 1 heterocycles. The average Bonchev–Trinajstić information content (AvgIpc) is 2.58. The van der Waals surface area contributed by atoms with Crippen molar-refractivity contribution in [3.8, 4) is 0 Å². The summed E-state index contributed by atoms with van der Waals surface area (Å²) in [7, 11) is 1.34. The Morgan fingerprint density at radius 2 is 1.65 bits per heavy atom. The zero-order valence-corrected chi connectivity index (χ0v) is 8.56. The molecule has 0 aromatic carbocycles. The minimum absolute atomic E-state index is 0.155. The molecule has 0 aliphatic heterocycles. The molecule has 0 aliphatic rings. The third-order valence-corrected chi connectivity index (χ3v) is 2.23. The normalized spacial score (nSPS) is 11.1. The molecule has 92 valence electrons. The minimum Gasteiger partial charge on any atom is -0.480 e. The second kappa shape index (κ2) is 4.15. The van der Waals surface area contributed by atoms with Crippen LogP contribution in [0.5, 0.6) is 0 Å². The zero-order chi connectivity index (χ0) is 13.2. The Morgan fingerprint density at radius 3 is 1.94 bits per heavy atom. The van der Waals surface area contributed by atoms with E-state index in [9.17, 15) is 14.4 Å². The molecule has 0 spiro atoms. The SMILES string of the molecule is Cn1nnnc1CC(C(=O)O)(C(=O)O)C(=O)O. The molecule has 0 radical (unpaired) electrons. The highest BCUT2D eigenvalue weighted by atomic mass is 16.4. The van der Waals surface area contributed by atoms with Gasteiger partial charge in [-0.15, -0.1) is 5.10 Å². The van der Waals surface area contributed by atoms with Crippen LogP contribution in [0.1, 0.15) is 5.82 Å². The van der Waals surface area contributed by atoms with Crippen LogP contribution in [0.15, 0.2) is 0 Å². The zero-order valence-electron chi connectivity index (χ0n) is 8.56. The van der Waals surface area contributed by atoms with Gasteiger partial charge < -0.3 is 15.3 Å². The number of nitrogens with zero attached hydrogens (tertiary/aromatic N) is 4. The number of carboxylic acids is 3. The third kappa shape index (κ3) is 1.91. The largest absolute Gasteiger partial charge is 0.480 e. The van der Waals surface area contributed by atoms with Gasteiger partial charge in [0, 0.05) is 13.5 Å². The summed E-state index contributed by atoms with van der Waals surface area (Å²) < 4.78 is 1.00. The number of rotatable bonds is 5. The van der Waals surface area contributed by atoms with E-state index >= 15 is 0 Å². The Bertz CT molecular complexity index is 444. The van der Waals surface area contributed by atoms with E-state index in [1.807, 2.05) is 0 Å². The van der Waals surface area contributed by atoms with Gasteiger partial charge in [0.15, 0.2) is 5.82 Å². The number of hydrogen-bond donors (Lipinski definition) is 3. The number of aromatic nitrogens is 4. The monoisotopic (exact) mass is 244 g/mol. The standard InChI is InChI=1S/C7H8N4O6/c1-11-3(8-9-10-11)2-7(4(12)13,5(14)15)6(16)17/h2H2,1H3,(H,12,13)(H,14,15)(H,16,17). The first kappa shape index (κ1) is 12.5. The molecule has 1 aromatic rings. The molecule has 0 atom stereocenters. The summed E-state index contributed by atoms with van der Waals surface area (Å²) in [4.78, 5) is 32.7. The van der Waals surface area contributed by atoms with Gasteiger partial charge in [0.25, 0.3) is 5.41 Å². The van der Waals surface area contributed by atoms with Crippen LogP contribution in [0, 0.1) is 5.41 Å². The van der Waals surface area contributed by atoms with Crippen LogP contribution in [-0.4, -0.2) is 53.4 Å². The maximum atomic E-state index is 10.9. The Hall–Kier alpha value is -2.52. The van der Waals surface area contributed by atoms with Crippen molar-refractivity contribution in [2.75, 3.05) is 0 Å². The van der Waals surface area contributed by atoms with E-state index in [0.29, 0.717) is 0 Å². The van der Waals surface area contributed by atoms with Crippen molar-refractivity contribution in [1.82, 2.24) is 20.2 Å². The number of carbonyl (C=O) groups is 3. The van der Waals surface area contributed by atoms with Crippen molar-refractivity contribution < 1.29 is 29.7 Å². The average molecular weight is 244 g/mol. The summed E-state index contributed by atoms with van der Waals surface area (Å²) in [5.41, 5.74) is -3.00. The minimum atomic E-state index is -3.00. The predicted octanol–water partition coefficient (Wildman–Crippen LogP) is -2.01. The highest BCUT2D eigenvalue weighted by Gasteiger charge is 2.55. The quantitative estimate of drug-likeness (QED) is 0.498. The van der Waals surface area contributed by atoms with Gasteiger partial charge >= 0.3 is 17.9 Å². The molecule has 10 nitrogen and oxygen atoms in total. The lowest BCUT2D eigenvalue weighted by Gasteiger charge is -2.18. The second-order valence-corrected chi connectivity index (χ2v) is 3.22. The fourth-order valence-corrected chi connectivity index (χ4v) is 1.14. The molecular weight excluding hydrogens is 236 g/mol. The molecule has 10 heteroatoms. The van der Waals surface area contributed by atoms with Gasteiger partial charge in [0.2, 0.25) is 0 Å². The summed E-state index contributed by atoms with van der Waals surface area (Å²) in [6, 6.07) is 0. The Balaban J connectivity index is 3.25. The maximum Gasteiger partial charge on any atom is 0.333 e. The highest BCUT2D eigenvalue weighted by molar-refractivity contribution is 6.16. The lowest BCUT2D eigenvalue weighted by Crippen LogP contribution is -2.48. The van der Waals surface area contributed by atoms with Crippen molar-refractivity contribution in [3.05, 3.63) is 5.82 Å². The summed E-state index contributed by atoms with van der Waals surface area (Å²) in [6.45, 7) is 0. The van der Waals surface area contributed by atoms with Crippen LogP contribution < -0.4 is 0 Å². The molecule has 0 aliphatic carbocycles. The molecule has 0 amide bonds. The molecule has 0 bridgehead atoms. The summed E-state index contributed by atoms with van der Waals surface area (Å²) >= 11 is 0. The molecule has 0 saturated heterocycles. The number of tetrazole rings is 1. The topological polar surface area (TPSA) is 156 Å². The molecule has 1 aromatic heterocycles. The third-order valence-electron chi connectivity index (χ3n) is 2.23. The van der Waals surface area contributed by atoms with Gasteiger partial charge in [0.05, 0.1) is 0 Å². The fourth-order valence-electron chi connectivity index (χ4n) is 1.14. The fraction of sp³-hybridized carbons (Fsp3) is 0.429. The summed E-state index contributed by atoms with van der Waals surface area (Å²) in [5, 5.41) is 36.3. The predicted molar refractivity (Wildman–Crippen MR) is 47.8 cm³/mol. The molecular formula is C7H8N4O6. The van der Waals surface area contributed by atoms with Crippen molar-refractivity contribution >= 4 is 17.9 Å². The van der Waals surface area contributed by atoms with E-state index in [-0.39, 0.29) is 5.82 Å². The molecule has 17 heavy (non-hydrogen) atoms. The van der Waals surface area contributed by atoms with Crippen LogP contribution >= 0.6 is 0 Å². The summed E-state index contributed by atoms with van der Waals surface area (Å²) in [5.74, 6) is -6.11. The van der Waals surface area contributed by atoms with Gasteiger partial charge in [-0.1, -0.05) is 0 Å². The van der Waals surface area contributed by atoms with Gasteiger partial charge in [-0.2, -0.15) is 0 Å². The molecule has 0 fully saturated rings. The first-order valence-corrected chi connectivity index (χ1v) is 4.23. The number of hydrogen-bond acceptors (Lipinski definition) is 6. The van der Waals surface area contributed by atoms with E-state index in [1.165, 1.54) is 7.05 Å². The Kier molecular flexibility index (Phi) is 3.07. The van der Waals surface area contributed by atoms with Gasteiger partial charge in [0.1, 0.15) is 0 Å². The van der Waals surface area contributed by atoms with Crippen molar-refractivity contribution in [1.29, 1.82) is 0 Å². The first-order valence-electron chi connectivity index (χ1n) is 4.23. The second-order valence-electron chi connectivity index (χ2n) is 3.22. The maximum absolute atomic E-state index is 10.9. The molecule has 3 N–H and O–H groups in total. The van der Waals surface area contributed by atoms with Crippen LogP contribution in [0.2, 0.25) is 0 Å². The van der Waals surface area contributed by atoms with Gasteiger partial charge in [-0.25, -0.2) is 4.68 Å². The van der Waals surface area contributed by atoms with E-state index in [0.717, 1.165) is 4.68 Å². The number of carboxylic acid groups (broad SMARTS) is 3. The summed E-state index contributed by atoms with van der Waals surface area (Å²) in [6.07, 6.45) is -0.851. The van der Waals surface area contributed by atoms with Gasteiger partial charge in [-0.05, 0) is 10.4 Å². The van der Waals surface area contributed by atoms with Crippen LogP contribution in [0.25, 0.3) is 0 Å². The van der Waals surface area contributed by atoms with Gasteiger partial charge in [-0.3, -0.25) is 14.4 Å². The molecule has 0 saturated carbocycles. The van der Waals surface area contributed by atoms with Crippen LogP contribution in [0.4, 0.5) is 0 Å². The van der Waals surface area contributed by atoms with Crippen molar-refractivity contribution in [3.63, 3.8) is 0 Å². The van der Waals surface area contributed by atoms with Crippen LogP contribution in [-0.2, 0) is 27.9 Å².